The minimum atomic E-state index is -0.398. The van der Waals surface area contributed by atoms with E-state index in [0.29, 0.717) is 17.9 Å². The molecule has 1 atom stereocenters. The summed E-state index contributed by atoms with van der Waals surface area (Å²) in [7, 11) is 3.20. The van der Waals surface area contributed by atoms with Crippen LogP contribution in [0.4, 0.5) is 0 Å². The normalized spacial score (nSPS) is 17.3. The van der Waals surface area contributed by atoms with E-state index in [0.717, 1.165) is 17.1 Å². The van der Waals surface area contributed by atoms with Crippen LogP contribution in [-0.2, 0) is 4.79 Å². The Morgan fingerprint density at radius 2 is 1.81 bits per heavy atom. The number of fused-ring (bicyclic) bond motifs is 1. The standard InChI is InChI=1S/C21H25NO5/c1-21(2)12-18(17-9-8-15(25-4)11-19(17)27-21)22-20(23)13-26-16-7-5-6-14(10-16)24-3/h5-11,18H,12-13H2,1-4H3,(H,22,23). The average Bonchev–Trinajstić information content (AvgIpc) is 2.65. The number of hydrogen-bond acceptors (Lipinski definition) is 5. The molecule has 1 aliphatic heterocycles. The molecular formula is C21H25NO5. The Hall–Kier alpha value is -2.89. The Morgan fingerprint density at radius 3 is 2.56 bits per heavy atom. The number of hydrogen-bond donors (Lipinski definition) is 1. The summed E-state index contributed by atoms with van der Waals surface area (Å²) in [6.07, 6.45) is 0.664. The fourth-order valence-electron chi connectivity index (χ4n) is 3.16. The third-order valence-electron chi connectivity index (χ3n) is 4.42. The van der Waals surface area contributed by atoms with E-state index in [2.05, 4.69) is 5.32 Å². The zero-order valence-corrected chi connectivity index (χ0v) is 16.1. The van der Waals surface area contributed by atoms with Gasteiger partial charge in [0.1, 0.15) is 28.6 Å². The highest BCUT2D eigenvalue weighted by Crippen LogP contribution is 2.41. The van der Waals surface area contributed by atoms with Gasteiger partial charge in [-0.25, -0.2) is 0 Å². The number of nitrogens with one attached hydrogen (secondary N) is 1. The molecule has 27 heavy (non-hydrogen) atoms. The van der Waals surface area contributed by atoms with E-state index in [-0.39, 0.29) is 18.6 Å². The summed E-state index contributed by atoms with van der Waals surface area (Å²) in [5, 5.41) is 3.05. The second kappa shape index (κ2) is 7.78. The van der Waals surface area contributed by atoms with Gasteiger partial charge in [-0.1, -0.05) is 6.07 Å². The van der Waals surface area contributed by atoms with Crippen LogP contribution in [0.3, 0.4) is 0 Å². The lowest BCUT2D eigenvalue weighted by atomic mass is 9.89. The van der Waals surface area contributed by atoms with Crippen LogP contribution >= 0.6 is 0 Å². The molecule has 1 aliphatic rings. The summed E-state index contributed by atoms with van der Waals surface area (Å²) < 4.78 is 22.1. The maximum absolute atomic E-state index is 12.5. The molecule has 0 radical (unpaired) electrons. The van der Waals surface area contributed by atoms with E-state index in [1.165, 1.54) is 0 Å². The molecule has 6 nitrogen and oxygen atoms in total. The first-order chi connectivity index (χ1) is 12.9. The topological polar surface area (TPSA) is 66.0 Å². The summed E-state index contributed by atoms with van der Waals surface area (Å²) in [6.45, 7) is 3.93. The number of amides is 1. The Balaban J connectivity index is 1.68. The highest BCUT2D eigenvalue weighted by Gasteiger charge is 2.34. The molecule has 0 aliphatic carbocycles. The van der Waals surface area contributed by atoms with Crippen molar-refractivity contribution < 1.29 is 23.7 Å². The van der Waals surface area contributed by atoms with Gasteiger partial charge in [0, 0.05) is 24.1 Å². The molecule has 6 heteroatoms. The van der Waals surface area contributed by atoms with E-state index in [4.69, 9.17) is 18.9 Å². The second-order valence-electron chi connectivity index (χ2n) is 7.06. The van der Waals surface area contributed by atoms with Crippen molar-refractivity contribution in [1.29, 1.82) is 0 Å². The molecule has 2 aromatic carbocycles. The average molecular weight is 371 g/mol. The zero-order valence-electron chi connectivity index (χ0n) is 16.1. The fourth-order valence-corrected chi connectivity index (χ4v) is 3.16. The van der Waals surface area contributed by atoms with Crippen LogP contribution in [-0.4, -0.2) is 32.3 Å². The number of rotatable bonds is 6. The van der Waals surface area contributed by atoms with Crippen molar-refractivity contribution in [1.82, 2.24) is 5.32 Å². The lowest BCUT2D eigenvalue weighted by molar-refractivity contribution is -0.124. The van der Waals surface area contributed by atoms with E-state index in [9.17, 15) is 4.79 Å². The van der Waals surface area contributed by atoms with Crippen molar-refractivity contribution in [3.63, 3.8) is 0 Å². The largest absolute Gasteiger partial charge is 0.497 e. The van der Waals surface area contributed by atoms with Gasteiger partial charge in [-0.3, -0.25) is 4.79 Å². The summed E-state index contributed by atoms with van der Waals surface area (Å²) in [6, 6.07) is 12.7. The molecule has 144 valence electrons. The highest BCUT2D eigenvalue weighted by atomic mass is 16.5. The highest BCUT2D eigenvalue weighted by molar-refractivity contribution is 5.78. The van der Waals surface area contributed by atoms with Gasteiger partial charge in [0.2, 0.25) is 0 Å². The quantitative estimate of drug-likeness (QED) is 0.842. The molecule has 0 saturated carbocycles. The smallest absolute Gasteiger partial charge is 0.258 e. The molecule has 0 spiro atoms. The van der Waals surface area contributed by atoms with Gasteiger partial charge in [-0.2, -0.15) is 0 Å². The maximum atomic E-state index is 12.5. The molecule has 0 aromatic heterocycles. The van der Waals surface area contributed by atoms with Gasteiger partial charge in [0.05, 0.1) is 20.3 Å². The lowest BCUT2D eigenvalue weighted by Crippen LogP contribution is -2.42. The third kappa shape index (κ3) is 4.64. The predicted octanol–water partition coefficient (Wildman–Crippen LogP) is 3.50. The van der Waals surface area contributed by atoms with Crippen molar-refractivity contribution >= 4 is 5.91 Å². The Labute approximate surface area is 159 Å². The van der Waals surface area contributed by atoms with E-state index < -0.39 is 5.60 Å². The first-order valence-electron chi connectivity index (χ1n) is 8.83. The molecule has 1 heterocycles. The van der Waals surface area contributed by atoms with Crippen LogP contribution in [0.25, 0.3) is 0 Å². The minimum Gasteiger partial charge on any atom is -0.497 e. The van der Waals surface area contributed by atoms with Crippen LogP contribution in [0.2, 0.25) is 0 Å². The molecule has 1 unspecified atom stereocenters. The van der Waals surface area contributed by atoms with Gasteiger partial charge in [0.25, 0.3) is 5.91 Å². The van der Waals surface area contributed by atoms with E-state index >= 15 is 0 Å². The second-order valence-corrected chi connectivity index (χ2v) is 7.06. The molecule has 2 aromatic rings. The minimum absolute atomic E-state index is 0.0730. The van der Waals surface area contributed by atoms with Crippen molar-refractivity contribution in [2.75, 3.05) is 20.8 Å². The van der Waals surface area contributed by atoms with Gasteiger partial charge < -0.3 is 24.3 Å². The van der Waals surface area contributed by atoms with Crippen LogP contribution in [0, 0.1) is 0 Å². The Bertz CT molecular complexity index is 818. The molecule has 1 N–H and O–H groups in total. The number of carbonyl (C=O) groups excluding carboxylic acids is 1. The van der Waals surface area contributed by atoms with Crippen molar-refractivity contribution in [3.05, 3.63) is 48.0 Å². The van der Waals surface area contributed by atoms with Crippen LogP contribution in [0.15, 0.2) is 42.5 Å². The van der Waals surface area contributed by atoms with Crippen LogP contribution in [0.5, 0.6) is 23.0 Å². The third-order valence-corrected chi connectivity index (χ3v) is 4.42. The van der Waals surface area contributed by atoms with E-state index in [1.807, 2.05) is 44.2 Å². The number of carbonyl (C=O) groups is 1. The molecule has 1 amide bonds. The molecule has 0 bridgehead atoms. The predicted molar refractivity (Wildman–Crippen MR) is 102 cm³/mol. The van der Waals surface area contributed by atoms with Crippen LogP contribution < -0.4 is 24.3 Å². The molecule has 0 fully saturated rings. The summed E-state index contributed by atoms with van der Waals surface area (Å²) >= 11 is 0. The van der Waals surface area contributed by atoms with Gasteiger partial charge >= 0.3 is 0 Å². The zero-order chi connectivity index (χ0) is 19.4. The molecule has 0 saturated heterocycles. The van der Waals surface area contributed by atoms with Crippen LogP contribution in [0.1, 0.15) is 31.9 Å². The Kier molecular flexibility index (Phi) is 5.44. The van der Waals surface area contributed by atoms with Crippen molar-refractivity contribution in [3.8, 4) is 23.0 Å². The fraction of sp³-hybridized carbons (Fsp3) is 0.381. The number of ether oxygens (including phenoxy) is 4. The number of benzene rings is 2. The SMILES string of the molecule is COc1cccc(OCC(=O)NC2CC(C)(C)Oc3cc(OC)ccc32)c1. The maximum Gasteiger partial charge on any atom is 0.258 e. The first kappa shape index (κ1) is 18.9. The van der Waals surface area contributed by atoms with Crippen molar-refractivity contribution in [2.45, 2.75) is 31.9 Å². The summed E-state index contributed by atoms with van der Waals surface area (Å²) in [5.74, 6) is 2.52. The van der Waals surface area contributed by atoms with Crippen molar-refractivity contribution in [2.24, 2.45) is 0 Å². The Morgan fingerprint density at radius 1 is 1.11 bits per heavy atom. The lowest BCUT2D eigenvalue weighted by Gasteiger charge is -2.38. The summed E-state index contributed by atoms with van der Waals surface area (Å²) in [4.78, 5) is 12.5. The molecular weight excluding hydrogens is 346 g/mol. The van der Waals surface area contributed by atoms with Gasteiger partial charge in [-0.05, 0) is 38.1 Å². The van der Waals surface area contributed by atoms with E-state index in [1.54, 1.807) is 26.4 Å². The monoisotopic (exact) mass is 371 g/mol. The number of methoxy groups -OCH3 is 2. The first-order valence-corrected chi connectivity index (χ1v) is 8.83. The molecule has 3 rings (SSSR count). The van der Waals surface area contributed by atoms with Gasteiger partial charge in [-0.15, -0.1) is 0 Å². The van der Waals surface area contributed by atoms with Gasteiger partial charge in [0.15, 0.2) is 6.61 Å². The summed E-state index contributed by atoms with van der Waals surface area (Å²) in [5.41, 5.74) is 0.537.